The first kappa shape index (κ1) is 21.1. The molecule has 3 aromatic rings. The van der Waals surface area contributed by atoms with Gasteiger partial charge in [0.1, 0.15) is 0 Å². The molecule has 0 spiro atoms. The predicted molar refractivity (Wildman–Crippen MR) is 122 cm³/mol. The number of carbonyl (C=O) groups excluding carboxylic acids is 2. The molecule has 5 rings (SSSR count). The number of pyridine rings is 1. The van der Waals surface area contributed by atoms with Crippen molar-refractivity contribution in [1.82, 2.24) is 15.8 Å². The Bertz CT molecular complexity index is 1220. The number of hydrogen-bond donors (Lipinski definition) is 3. The standard InChI is InChI=1S/C25H24N4O4/c30-24(27-21-7-3-5-19(21)25(31)28-32)16-10-8-15(9-11-16)23-14-22(29-33-23)18-12-13-26-20-6-2-1-4-17(18)20/h1-2,4,6,8-13,19,21,23,32H,3,5,7,14H2,(H,27,30)(H,28,31)/t19-,21+,23?/m1/s1. The Kier molecular flexibility index (Phi) is 5.75. The van der Waals surface area contributed by atoms with E-state index in [0.717, 1.165) is 34.2 Å². The molecular formula is C25H24N4O4. The fourth-order valence-electron chi connectivity index (χ4n) is 4.69. The van der Waals surface area contributed by atoms with Gasteiger partial charge in [-0.1, -0.05) is 41.9 Å². The molecule has 1 aliphatic carbocycles. The lowest BCUT2D eigenvalue weighted by atomic mass is 9.97. The summed E-state index contributed by atoms with van der Waals surface area (Å²) in [6, 6.07) is 16.9. The first-order valence-corrected chi connectivity index (χ1v) is 11.1. The van der Waals surface area contributed by atoms with Crippen molar-refractivity contribution in [1.29, 1.82) is 0 Å². The maximum atomic E-state index is 12.7. The number of hydrogen-bond acceptors (Lipinski definition) is 6. The summed E-state index contributed by atoms with van der Waals surface area (Å²) in [5.41, 5.74) is 5.93. The van der Waals surface area contributed by atoms with Gasteiger partial charge in [0.2, 0.25) is 5.91 Å². The molecule has 3 N–H and O–H groups in total. The van der Waals surface area contributed by atoms with Gasteiger partial charge < -0.3 is 10.2 Å². The molecule has 2 aromatic carbocycles. The zero-order valence-electron chi connectivity index (χ0n) is 17.9. The molecule has 0 saturated heterocycles. The number of amides is 2. The summed E-state index contributed by atoms with van der Waals surface area (Å²) in [5, 5.41) is 17.2. The van der Waals surface area contributed by atoms with Crippen LogP contribution in [0.3, 0.4) is 0 Å². The number of nitrogens with one attached hydrogen (secondary N) is 2. The van der Waals surface area contributed by atoms with Crippen molar-refractivity contribution in [2.24, 2.45) is 11.1 Å². The highest BCUT2D eigenvalue weighted by Gasteiger charge is 2.34. The Hall–Kier alpha value is -3.78. The average Bonchev–Trinajstić information content (AvgIpc) is 3.53. The van der Waals surface area contributed by atoms with Crippen molar-refractivity contribution in [3.8, 4) is 0 Å². The smallest absolute Gasteiger partial charge is 0.251 e. The second kappa shape index (κ2) is 8.99. The lowest BCUT2D eigenvalue weighted by Gasteiger charge is -2.19. The molecule has 33 heavy (non-hydrogen) atoms. The van der Waals surface area contributed by atoms with Crippen LogP contribution < -0.4 is 10.8 Å². The Morgan fingerprint density at radius 3 is 2.67 bits per heavy atom. The van der Waals surface area contributed by atoms with Gasteiger partial charge >= 0.3 is 0 Å². The largest absolute Gasteiger partial charge is 0.387 e. The third-order valence-electron chi connectivity index (χ3n) is 6.45. The van der Waals surface area contributed by atoms with E-state index in [2.05, 4.69) is 15.5 Å². The van der Waals surface area contributed by atoms with E-state index in [1.165, 1.54) is 0 Å². The molecule has 0 radical (unpaired) electrons. The van der Waals surface area contributed by atoms with Crippen molar-refractivity contribution in [2.45, 2.75) is 37.8 Å². The molecule has 3 atom stereocenters. The third kappa shape index (κ3) is 4.17. The number of para-hydroxylation sites is 1. The minimum Gasteiger partial charge on any atom is -0.387 e. The van der Waals surface area contributed by atoms with Crippen LogP contribution in [0, 0.1) is 5.92 Å². The molecule has 0 bridgehead atoms. The first-order chi connectivity index (χ1) is 16.1. The number of aromatic nitrogens is 1. The van der Waals surface area contributed by atoms with E-state index in [-0.39, 0.29) is 18.1 Å². The van der Waals surface area contributed by atoms with Gasteiger partial charge in [0, 0.05) is 35.2 Å². The molecule has 8 nitrogen and oxygen atoms in total. The first-order valence-electron chi connectivity index (χ1n) is 11.1. The second-order valence-corrected chi connectivity index (χ2v) is 8.43. The number of nitrogens with zero attached hydrogens (tertiary/aromatic N) is 2. The van der Waals surface area contributed by atoms with Crippen LogP contribution in [0.15, 0.2) is 65.9 Å². The molecule has 2 amide bonds. The number of fused-ring (bicyclic) bond motifs is 1. The summed E-state index contributed by atoms with van der Waals surface area (Å²) in [5.74, 6) is -1.11. The van der Waals surface area contributed by atoms with E-state index < -0.39 is 11.8 Å². The second-order valence-electron chi connectivity index (χ2n) is 8.43. The van der Waals surface area contributed by atoms with Gasteiger partial charge in [-0.05, 0) is 42.7 Å². The Labute approximate surface area is 190 Å². The van der Waals surface area contributed by atoms with Gasteiger partial charge in [0.25, 0.3) is 5.91 Å². The summed E-state index contributed by atoms with van der Waals surface area (Å²) in [6.07, 6.45) is 4.36. The summed E-state index contributed by atoms with van der Waals surface area (Å²) in [4.78, 5) is 34.6. The van der Waals surface area contributed by atoms with Crippen molar-refractivity contribution in [3.05, 3.63) is 77.5 Å². The highest BCUT2D eigenvalue weighted by Crippen LogP contribution is 2.32. The van der Waals surface area contributed by atoms with Gasteiger partial charge in [0.15, 0.2) is 6.10 Å². The average molecular weight is 444 g/mol. The van der Waals surface area contributed by atoms with Crippen LogP contribution in [-0.2, 0) is 9.63 Å². The van der Waals surface area contributed by atoms with Gasteiger partial charge in [-0.2, -0.15) is 0 Å². The topological polar surface area (TPSA) is 113 Å². The fraction of sp³-hybridized carbons (Fsp3) is 0.280. The van der Waals surface area contributed by atoms with E-state index in [0.29, 0.717) is 24.8 Å². The molecule has 8 heteroatoms. The monoisotopic (exact) mass is 444 g/mol. The van der Waals surface area contributed by atoms with Crippen LogP contribution in [0.1, 0.15) is 53.3 Å². The molecule has 2 aliphatic rings. The molecule has 1 unspecified atom stereocenters. The van der Waals surface area contributed by atoms with Crippen LogP contribution in [-0.4, -0.2) is 33.8 Å². The van der Waals surface area contributed by atoms with Crippen molar-refractivity contribution >= 4 is 28.4 Å². The summed E-state index contributed by atoms with van der Waals surface area (Å²) in [6.45, 7) is 0. The number of hydroxylamine groups is 1. The van der Waals surface area contributed by atoms with E-state index in [1.54, 1.807) is 23.8 Å². The summed E-state index contributed by atoms with van der Waals surface area (Å²) in [7, 11) is 0. The fourth-order valence-corrected chi connectivity index (χ4v) is 4.69. The Balaban J connectivity index is 1.25. The van der Waals surface area contributed by atoms with Crippen LogP contribution in [0.25, 0.3) is 10.9 Å². The summed E-state index contributed by atoms with van der Waals surface area (Å²) >= 11 is 0. The zero-order chi connectivity index (χ0) is 22.8. The molecule has 1 saturated carbocycles. The number of rotatable bonds is 5. The number of carbonyl (C=O) groups is 2. The van der Waals surface area contributed by atoms with Gasteiger partial charge in [-0.15, -0.1) is 0 Å². The van der Waals surface area contributed by atoms with Gasteiger partial charge in [-0.3, -0.25) is 19.8 Å². The molecule has 2 heterocycles. The van der Waals surface area contributed by atoms with E-state index in [1.807, 2.05) is 42.5 Å². The minimum absolute atomic E-state index is 0.225. The van der Waals surface area contributed by atoms with Gasteiger partial charge in [0.05, 0.1) is 17.1 Å². The molecule has 1 aliphatic heterocycles. The van der Waals surface area contributed by atoms with Crippen LogP contribution in [0.4, 0.5) is 0 Å². The molecule has 168 valence electrons. The zero-order valence-corrected chi connectivity index (χ0v) is 17.9. The Morgan fingerprint density at radius 1 is 1.03 bits per heavy atom. The van der Waals surface area contributed by atoms with Gasteiger partial charge in [-0.25, -0.2) is 5.48 Å². The lowest BCUT2D eigenvalue weighted by Crippen LogP contribution is -2.43. The highest BCUT2D eigenvalue weighted by atomic mass is 16.6. The van der Waals surface area contributed by atoms with E-state index in [4.69, 9.17) is 10.0 Å². The maximum Gasteiger partial charge on any atom is 0.251 e. The third-order valence-corrected chi connectivity index (χ3v) is 6.45. The van der Waals surface area contributed by atoms with E-state index in [9.17, 15) is 9.59 Å². The number of benzene rings is 2. The number of oxime groups is 1. The normalized spacial score (nSPS) is 22.0. The Morgan fingerprint density at radius 2 is 1.85 bits per heavy atom. The lowest BCUT2D eigenvalue weighted by molar-refractivity contribution is -0.133. The van der Waals surface area contributed by atoms with Crippen molar-refractivity contribution < 1.29 is 19.6 Å². The molecule has 1 aromatic heterocycles. The van der Waals surface area contributed by atoms with Crippen molar-refractivity contribution in [3.63, 3.8) is 0 Å². The van der Waals surface area contributed by atoms with Crippen LogP contribution in [0.5, 0.6) is 0 Å². The minimum atomic E-state index is -0.454. The SMILES string of the molecule is O=C(N[C@H]1CCC[C@H]1C(=O)NO)c1ccc(C2CC(c3ccnc4ccccc34)=NO2)cc1. The molecular weight excluding hydrogens is 420 g/mol. The van der Waals surface area contributed by atoms with E-state index >= 15 is 0 Å². The highest BCUT2D eigenvalue weighted by molar-refractivity contribution is 6.10. The van der Waals surface area contributed by atoms with Crippen molar-refractivity contribution in [2.75, 3.05) is 0 Å². The quantitative estimate of drug-likeness (QED) is 0.412. The van der Waals surface area contributed by atoms with Crippen LogP contribution >= 0.6 is 0 Å². The maximum absolute atomic E-state index is 12.7. The van der Waals surface area contributed by atoms with Crippen LogP contribution in [0.2, 0.25) is 0 Å². The molecule has 1 fully saturated rings. The predicted octanol–water partition coefficient (Wildman–Crippen LogP) is 3.50. The summed E-state index contributed by atoms with van der Waals surface area (Å²) < 4.78 is 0.